The van der Waals surface area contributed by atoms with E-state index in [1.165, 1.54) is 0 Å². The Morgan fingerprint density at radius 1 is 1.54 bits per heavy atom. The Morgan fingerprint density at radius 3 is 2.54 bits per heavy atom. The fourth-order valence-corrected chi connectivity index (χ4v) is 1.87. The molecule has 3 nitrogen and oxygen atoms in total. The number of hydrogen-bond donors (Lipinski definition) is 2. The molecule has 13 heavy (non-hydrogen) atoms. The molecular weight excluding hydrogens is 186 g/mol. The summed E-state index contributed by atoms with van der Waals surface area (Å²) in [7, 11) is 0. The third-order valence-corrected chi connectivity index (χ3v) is 2.73. The van der Waals surface area contributed by atoms with Crippen LogP contribution in [0.25, 0.3) is 0 Å². The second-order valence-corrected chi connectivity index (χ2v) is 4.44. The molecule has 0 radical (unpaired) electrons. The first kappa shape index (κ1) is 12.8. The van der Waals surface area contributed by atoms with Gasteiger partial charge >= 0.3 is 5.97 Å². The Bertz CT molecular complexity index is 151. The van der Waals surface area contributed by atoms with Crippen molar-refractivity contribution in [1.29, 1.82) is 0 Å². The maximum absolute atomic E-state index is 10.8. The normalized spacial score (nSPS) is 13.2. The van der Waals surface area contributed by atoms with E-state index in [-0.39, 0.29) is 6.04 Å². The van der Waals surface area contributed by atoms with Crippen molar-refractivity contribution in [3.8, 4) is 0 Å². The SMILES string of the molecule is CCCSCC(NC(C)C)C(=O)O. The molecule has 0 fully saturated rings. The van der Waals surface area contributed by atoms with Crippen LogP contribution < -0.4 is 5.32 Å². The predicted octanol–water partition coefficient (Wildman–Crippen LogP) is 1.58. The van der Waals surface area contributed by atoms with Gasteiger partial charge < -0.3 is 10.4 Å². The quantitative estimate of drug-likeness (QED) is 0.620. The molecule has 0 aromatic heterocycles. The van der Waals surface area contributed by atoms with Crippen molar-refractivity contribution in [1.82, 2.24) is 5.32 Å². The van der Waals surface area contributed by atoms with Crippen LogP contribution in [0.4, 0.5) is 0 Å². The highest BCUT2D eigenvalue weighted by molar-refractivity contribution is 7.99. The van der Waals surface area contributed by atoms with Gasteiger partial charge in [0.1, 0.15) is 6.04 Å². The fourth-order valence-electron chi connectivity index (χ4n) is 0.939. The molecule has 0 bridgehead atoms. The van der Waals surface area contributed by atoms with Gasteiger partial charge in [0.25, 0.3) is 0 Å². The second kappa shape index (κ2) is 7.21. The summed E-state index contributed by atoms with van der Waals surface area (Å²) in [6, 6.07) is -0.181. The highest BCUT2D eigenvalue weighted by Crippen LogP contribution is 2.05. The van der Waals surface area contributed by atoms with Crippen molar-refractivity contribution in [2.75, 3.05) is 11.5 Å². The van der Waals surface area contributed by atoms with Crippen LogP contribution in [0.2, 0.25) is 0 Å². The standard InChI is InChI=1S/C9H19NO2S/c1-4-5-13-6-8(9(11)12)10-7(2)3/h7-8,10H,4-6H2,1-3H3,(H,11,12). The van der Waals surface area contributed by atoms with E-state index in [1.54, 1.807) is 11.8 Å². The molecule has 0 rings (SSSR count). The zero-order valence-electron chi connectivity index (χ0n) is 8.54. The lowest BCUT2D eigenvalue weighted by atomic mass is 10.3. The van der Waals surface area contributed by atoms with Gasteiger partial charge in [-0.15, -0.1) is 0 Å². The molecule has 0 amide bonds. The van der Waals surface area contributed by atoms with Crippen molar-refractivity contribution < 1.29 is 9.90 Å². The smallest absolute Gasteiger partial charge is 0.321 e. The van der Waals surface area contributed by atoms with Gasteiger partial charge in [-0.3, -0.25) is 4.79 Å². The summed E-state index contributed by atoms with van der Waals surface area (Å²) in [5.41, 5.74) is 0. The molecule has 0 saturated heterocycles. The summed E-state index contributed by atoms with van der Waals surface area (Å²) in [6.07, 6.45) is 1.10. The number of carbonyl (C=O) groups is 1. The van der Waals surface area contributed by atoms with Gasteiger partial charge in [-0.1, -0.05) is 20.8 Å². The molecular formula is C9H19NO2S. The number of thioether (sulfide) groups is 1. The number of carboxylic acid groups (broad SMARTS) is 1. The van der Waals surface area contributed by atoms with Gasteiger partial charge in [0.2, 0.25) is 0 Å². The zero-order valence-corrected chi connectivity index (χ0v) is 9.36. The molecule has 0 aromatic rings. The summed E-state index contributed by atoms with van der Waals surface area (Å²) in [5, 5.41) is 11.9. The Labute approximate surface area is 84.3 Å². The fraction of sp³-hybridized carbons (Fsp3) is 0.889. The van der Waals surface area contributed by atoms with E-state index in [4.69, 9.17) is 5.11 Å². The van der Waals surface area contributed by atoms with Crippen molar-refractivity contribution >= 4 is 17.7 Å². The van der Waals surface area contributed by atoms with Gasteiger partial charge in [0.15, 0.2) is 0 Å². The number of nitrogens with one attached hydrogen (secondary N) is 1. The number of hydrogen-bond acceptors (Lipinski definition) is 3. The highest BCUT2D eigenvalue weighted by Gasteiger charge is 2.17. The lowest BCUT2D eigenvalue weighted by Gasteiger charge is -2.16. The lowest BCUT2D eigenvalue weighted by Crippen LogP contribution is -2.42. The topological polar surface area (TPSA) is 49.3 Å². The highest BCUT2D eigenvalue weighted by atomic mass is 32.2. The van der Waals surface area contributed by atoms with Gasteiger partial charge in [-0.05, 0) is 12.2 Å². The van der Waals surface area contributed by atoms with Gasteiger partial charge in [0.05, 0.1) is 0 Å². The minimum Gasteiger partial charge on any atom is -0.480 e. The molecule has 4 heteroatoms. The summed E-state index contributed by atoms with van der Waals surface area (Å²) in [4.78, 5) is 10.8. The molecule has 78 valence electrons. The zero-order chi connectivity index (χ0) is 10.3. The van der Waals surface area contributed by atoms with Gasteiger partial charge in [-0.2, -0.15) is 11.8 Å². The van der Waals surface area contributed by atoms with Crippen LogP contribution >= 0.6 is 11.8 Å². The van der Waals surface area contributed by atoms with E-state index in [9.17, 15) is 4.79 Å². The maximum atomic E-state index is 10.8. The van der Waals surface area contributed by atoms with Crippen LogP contribution in [0.1, 0.15) is 27.2 Å². The van der Waals surface area contributed by atoms with Crippen molar-refractivity contribution in [3.05, 3.63) is 0 Å². The molecule has 0 aliphatic carbocycles. The van der Waals surface area contributed by atoms with E-state index in [0.29, 0.717) is 5.75 Å². The predicted molar refractivity (Wildman–Crippen MR) is 57.3 cm³/mol. The molecule has 0 aliphatic heterocycles. The van der Waals surface area contributed by atoms with Crippen LogP contribution in [0.15, 0.2) is 0 Å². The molecule has 0 spiro atoms. The third kappa shape index (κ3) is 6.90. The minimum absolute atomic E-state index is 0.225. The molecule has 1 unspecified atom stereocenters. The van der Waals surface area contributed by atoms with Crippen LogP contribution in [-0.2, 0) is 4.79 Å². The Kier molecular flexibility index (Phi) is 7.09. The van der Waals surface area contributed by atoms with Gasteiger partial charge in [-0.25, -0.2) is 0 Å². The summed E-state index contributed by atoms with van der Waals surface area (Å²) >= 11 is 1.69. The number of carboxylic acids is 1. The summed E-state index contributed by atoms with van der Waals surface area (Å²) in [6.45, 7) is 6.01. The molecule has 0 aromatic carbocycles. The van der Waals surface area contributed by atoms with E-state index >= 15 is 0 Å². The molecule has 2 N–H and O–H groups in total. The van der Waals surface area contributed by atoms with E-state index < -0.39 is 12.0 Å². The average molecular weight is 205 g/mol. The average Bonchev–Trinajstić information content (AvgIpc) is 2.02. The van der Waals surface area contributed by atoms with Crippen LogP contribution in [-0.4, -0.2) is 34.7 Å². The Hall–Kier alpha value is -0.220. The Balaban J connectivity index is 3.74. The largest absolute Gasteiger partial charge is 0.480 e. The summed E-state index contributed by atoms with van der Waals surface area (Å²) < 4.78 is 0. The van der Waals surface area contributed by atoms with E-state index in [2.05, 4.69) is 12.2 Å². The summed E-state index contributed by atoms with van der Waals surface area (Å²) in [5.74, 6) is 0.933. The first-order valence-electron chi connectivity index (χ1n) is 4.64. The van der Waals surface area contributed by atoms with Crippen LogP contribution in [0, 0.1) is 0 Å². The molecule has 1 atom stereocenters. The van der Waals surface area contributed by atoms with Crippen molar-refractivity contribution in [2.24, 2.45) is 0 Å². The van der Waals surface area contributed by atoms with Crippen molar-refractivity contribution in [2.45, 2.75) is 39.3 Å². The van der Waals surface area contributed by atoms with Gasteiger partial charge in [0, 0.05) is 11.8 Å². The lowest BCUT2D eigenvalue weighted by molar-refractivity contribution is -0.139. The molecule has 0 heterocycles. The van der Waals surface area contributed by atoms with E-state index in [0.717, 1.165) is 12.2 Å². The number of aliphatic carboxylic acids is 1. The second-order valence-electron chi connectivity index (χ2n) is 3.29. The maximum Gasteiger partial charge on any atom is 0.321 e. The van der Waals surface area contributed by atoms with Crippen LogP contribution in [0.3, 0.4) is 0 Å². The third-order valence-electron chi connectivity index (χ3n) is 1.47. The Morgan fingerprint density at radius 2 is 2.15 bits per heavy atom. The van der Waals surface area contributed by atoms with E-state index in [1.807, 2.05) is 13.8 Å². The first-order valence-corrected chi connectivity index (χ1v) is 5.80. The van der Waals surface area contributed by atoms with Crippen molar-refractivity contribution in [3.63, 3.8) is 0 Å². The van der Waals surface area contributed by atoms with Crippen LogP contribution in [0.5, 0.6) is 0 Å². The molecule has 0 aliphatic rings. The minimum atomic E-state index is -0.752. The first-order chi connectivity index (χ1) is 6.07. The monoisotopic (exact) mass is 205 g/mol. The molecule has 0 saturated carbocycles. The number of rotatable bonds is 7.